The second kappa shape index (κ2) is 8.13. The van der Waals surface area contributed by atoms with E-state index in [9.17, 15) is 26.4 Å². The van der Waals surface area contributed by atoms with Crippen molar-refractivity contribution in [3.8, 4) is 0 Å². The standard InChI is InChI=1S/C19H19F3N2O4S/c1-13-5-6-15(12-17(13)19(20,21)22)23-18(25)14-3-2-4-16(11-14)29(26,27)24-7-9-28-10-8-24/h2-6,11-12H,7-10H2,1H3,(H,23,25). The lowest BCUT2D eigenvalue weighted by molar-refractivity contribution is -0.138. The third-order valence-corrected chi connectivity index (χ3v) is 6.40. The molecule has 3 rings (SSSR count). The van der Waals surface area contributed by atoms with Crippen molar-refractivity contribution in [2.75, 3.05) is 31.6 Å². The molecule has 0 spiro atoms. The minimum absolute atomic E-state index is 0.0217. The summed E-state index contributed by atoms with van der Waals surface area (Å²) < 4.78 is 71.0. The lowest BCUT2D eigenvalue weighted by Gasteiger charge is -2.26. The number of ether oxygens (including phenoxy) is 1. The van der Waals surface area contributed by atoms with Gasteiger partial charge in [-0.05, 0) is 42.8 Å². The van der Waals surface area contributed by atoms with Crippen molar-refractivity contribution in [3.63, 3.8) is 0 Å². The van der Waals surface area contributed by atoms with Crippen LogP contribution in [0.3, 0.4) is 0 Å². The number of morpholine rings is 1. The van der Waals surface area contributed by atoms with Crippen LogP contribution in [0, 0.1) is 6.92 Å². The number of amides is 1. The first-order valence-corrected chi connectivity index (χ1v) is 10.2. The molecule has 29 heavy (non-hydrogen) atoms. The fourth-order valence-electron chi connectivity index (χ4n) is 2.94. The van der Waals surface area contributed by atoms with Crippen LogP contribution in [0.15, 0.2) is 47.4 Å². The molecule has 0 saturated carbocycles. The monoisotopic (exact) mass is 428 g/mol. The van der Waals surface area contributed by atoms with Gasteiger partial charge in [-0.15, -0.1) is 0 Å². The van der Waals surface area contributed by atoms with Gasteiger partial charge in [0.2, 0.25) is 10.0 Å². The minimum atomic E-state index is -4.54. The number of carbonyl (C=O) groups is 1. The highest BCUT2D eigenvalue weighted by molar-refractivity contribution is 7.89. The van der Waals surface area contributed by atoms with E-state index in [0.29, 0.717) is 0 Å². The second-order valence-corrected chi connectivity index (χ2v) is 8.46. The topological polar surface area (TPSA) is 75.7 Å². The molecule has 0 aliphatic carbocycles. The van der Waals surface area contributed by atoms with Crippen molar-refractivity contribution < 1.29 is 31.1 Å². The SMILES string of the molecule is Cc1ccc(NC(=O)c2cccc(S(=O)(=O)N3CCOCC3)c2)cc1C(F)(F)F. The second-order valence-electron chi connectivity index (χ2n) is 6.53. The van der Waals surface area contributed by atoms with Crippen LogP contribution in [0.2, 0.25) is 0 Å². The molecule has 2 aromatic rings. The molecule has 6 nitrogen and oxygen atoms in total. The van der Waals surface area contributed by atoms with Gasteiger partial charge in [0.05, 0.1) is 23.7 Å². The first-order chi connectivity index (χ1) is 13.6. The highest BCUT2D eigenvalue weighted by Crippen LogP contribution is 2.33. The first-order valence-electron chi connectivity index (χ1n) is 8.76. The predicted molar refractivity (Wildman–Crippen MR) is 100 cm³/mol. The molecular weight excluding hydrogens is 409 g/mol. The molecule has 2 aromatic carbocycles. The summed E-state index contributed by atoms with van der Waals surface area (Å²) in [5, 5.41) is 2.39. The van der Waals surface area contributed by atoms with Gasteiger partial charge in [0.15, 0.2) is 0 Å². The number of benzene rings is 2. The van der Waals surface area contributed by atoms with E-state index in [2.05, 4.69) is 5.32 Å². The summed E-state index contributed by atoms with van der Waals surface area (Å²) in [6.45, 7) is 2.32. The number of anilines is 1. The van der Waals surface area contributed by atoms with Crippen LogP contribution in [0.5, 0.6) is 0 Å². The summed E-state index contributed by atoms with van der Waals surface area (Å²) in [6, 6.07) is 8.86. The Morgan fingerprint density at radius 1 is 1.10 bits per heavy atom. The van der Waals surface area contributed by atoms with Gasteiger partial charge in [-0.2, -0.15) is 17.5 Å². The van der Waals surface area contributed by atoms with Gasteiger partial charge in [0.1, 0.15) is 0 Å². The van der Waals surface area contributed by atoms with Gasteiger partial charge in [-0.25, -0.2) is 8.42 Å². The number of rotatable bonds is 4. The van der Waals surface area contributed by atoms with Gasteiger partial charge in [-0.3, -0.25) is 4.79 Å². The molecule has 1 fully saturated rings. The number of nitrogens with one attached hydrogen (secondary N) is 1. The molecule has 0 atom stereocenters. The number of alkyl halides is 3. The van der Waals surface area contributed by atoms with E-state index in [0.717, 1.165) is 6.07 Å². The zero-order valence-electron chi connectivity index (χ0n) is 15.5. The summed E-state index contributed by atoms with van der Waals surface area (Å²) in [4.78, 5) is 12.4. The Bertz CT molecular complexity index is 1020. The van der Waals surface area contributed by atoms with E-state index in [-0.39, 0.29) is 48.0 Å². The summed E-state index contributed by atoms with van der Waals surface area (Å²) >= 11 is 0. The average Bonchev–Trinajstić information content (AvgIpc) is 2.69. The summed E-state index contributed by atoms with van der Waals surface area (Å²) in [5.41, 5.74) is -0.823. The van der Waals surface area contributed by atoms with Crippen molar-refractivity contribution >= 4 is 21.6 Å². The molecule has 1 amide bonds. The quantitative estimate of drug-likeness (QED) is 0.811. The number of nitrogens with zero attached hydrogens (tertiary/aromatic N) is 1. The van der Waals surface area contributed by atoms with Crippen LogP contribution < -0.4 is 5.32 Å². The van der Waals surface area contributed by atoms with Crippen molar-refractivity contribution in [3.05, 3.63) is 59.2 Å². The number of sulfonamides is 1. The van der Waals surface area contributed by atoms with Crippen LogP contribution in [0.25, 0.3) is 0 Å². The predicted octanol–water partition coefficient (Wildman–Crippen LogP) is 3.29. The third-order valence-electron chi connectivity index (χ3n) is 4.50. The fraction of sp³-hybridized carbons (Fsp3) is 0.316. The molecule has 1 aliphatic heterocycles. The fourth-order valence-corrected chi connectivity index (χ4v) is 4.40. The highest BCUT2D eigenvalue weighted by Gasteiger charge is 2.32. The molecular formula is C19H19F3N2O4S. The number of carbonyl (C=O) groups excluding carboxylic acids is 1. The summed E-state index contributed by atoms with van der Waals surface area (Å²) in [7, 11) is -3.80. The maximum atomic E-state index is 13.1. The lowest BCUT2D eigenvalue weighted by Crippen LogP contribution is -2.40. The molecule has 0 unspecified atom stereocenters. The van der Waals surface area contributed by atoms with Gasteiger partial charge < -0.3 is 10.1 Å². The Morgan fingerprint density at radius 3 is 2.45 bits per heavy atom. The van der Waals surface area contributed by atoms with Gasteiger partial charge >= 0.3 is 6.18 Å². The van der Waals surface area contributed by atoms with E-state index in [1.165, 1.54) is 47.6 Å². The van der Waals surface area contributed by atoms with Gasteiger partial charge in [-0.1, -0.05) is 12.1 Å². The molecule has 1 heterocycles. The van der Waals surface area contributed by atoms with E-state index >= 15 is 0 Å². The molecule has 10 heteroatoms. The van der Waals surface area contributed by atoms with Crippen LogP contribution in [0.4, 0.5) is 18.9 Å². The summed E-state index contributed by atoms with van der Waals surface area (Å²) in [5.74, 6) is -0.707. The molecule has 1 N–H and O–H groups in total. The van der Waals surface area contributed by atoms with Crippen molar-refractivity contribution in [2.45, 2.75) is 18.0 Å². The van der Waals surface area contributed by atoms with E-state index in [1.807, 2.05) is 0 Å². The van der Waals surface area contributed by atoms with Crippen LogP contribution in [0.1, 0.15) is 21.5 Å². The first kappa shape index (κ1) is 21.3. The number of halogens is 3. The summed E-state index contributed by atoms with van der Waals surface area (Å²) in [6.07, 6.45) is -4.54. The molecule has 0 aromatic heterocycles. The number of aryl methyl sites for hydroxylation is 1. The normalized spacial score (nSPS) is 15.9. The van der Waals surface area contributed by atoms with Gasteiger partial charge in [0.25, 0.3) is 5.91 Å². The minimum Gasteiger partial charge on any atom is -0.379 e. The Kier molecular flexibility index (Phi) is 5.97. The lowest BCUT2D eigenvalue weighted by atomic mass is 10.1. The van der Waals surface area contributed by atoms with Gasteiger partial charge in [0, 0.05) is 24.3 Å². The highest BCUT2D eigenvalue weighted by atomic mass is 32.2. The maximum absolute atomic E-state index is 13.1. The average molecular weight is 428 g/mol. The van der Waals surface area contributed by atoms with Crippen molar-refractivity contribution in [1.82, 2.24) is 4.31 Å². The zero-order valence-corrected chi connectivity index (χ0v) is 16.3. The Morgan fingerprint density at radius 2 is 1.79 bits per heavy atom. The molecule has 156 valence electrons. The zero-order chi connectivity index (χ0) is 21.2. The van der Waals surface area contributed by atoms with Crippen LogP contribution >= 0.6 is 0 Å². The van der Waals surface area contributed by atoms with Crippen molar-refractivity contribution in [2.24, 2.45) is 0 Å². The largest absolute Gasteiger partial charge is 0.416 e. The third kappa shape index (κ3) is 4.77. The van der Waals surface area contributed by atoms with E-state index in [4.69, 9.17) is 4.74 Å². The van der Waals surface area contributed by atoms with E-state index in [1.54, 1.807) is 0 Å². The van der Waals surface area contributed by atoms with Crippen molar-refractivity contribution in [1.29, 1.82) is 0 Å². The van der Waals surface area contributed by atoms with Crippen LogP contribution in [-0.2, 0) is 20.9 Å². The maximum Gasteiger partial charge on any atom is 0.416 e. The Labute approximate surface area is 166 Å². The number of hydrogen-bond acceptors (Lipinski definition) is 4. The Balaban J connectivity index is 1.83. The molecule has 1 saturated heterocycles. The Hall–Kier alpha value is -2.43. The molecule has 0 bridgehead atoms. The number of hydrogen-bond donors (Lipinski definition) is 1. The smallest absolute Gasteiger partial charge is 0.379 e. The van der Waals surface area contributed by atoms with E-state index < -0.39 is 27.7 Å². The molecule has 0 radical (unpaired) electrons. The van der Waals surface area contributed by atoms with Crippen LogP contribution in [-0.4, -0.2) is 44.9 Å². The molecule has 1 aliphatic rings.